The second kappa shape index (κ2) is 6.50. The molecule has 0 bridgehead atoms. The van der Waals surface area contributed by atoms with Gasteiger partial charge in [0.15, 0.2) is 0 Å². The van der Waals surface area contributed by atoms with Gasteiger partial charge in [-0.25, -0.2) is 8.42 Å². The number of hydrogen-bond donors (Lipinski definition) is 0. The van der Waals surface area contributed by atoms with Gasteiger partial charge in [-0.3, -0.25) is 0 Å². The predicted octanol–water partition coefficient (Wildman–Crippen LogP) is 3.13. The minimum Gasteiger partial charge on any atom is -0.496 e. The number of hydrogen-bond acceptors (Lipinski definition) is 3. The Bertz CT molecular complexity index is 732. The molecule has 0 radical (unpaired) electrons. The van der Waals surface area contributed by atoms with Crippen LogP contribution in [0.25, 0.3) is 0 Å². The fourth-order valence-corrected chi connectivity index (χ4v) is 3.82. The molecule has 2 aromatic carbocycles. The van der Waals surface area contributed by atoms with Crippen molar-refractivity contribution < 1.29 is 13.2 Å². The van der Waals surface area contributed by atoms with E-state index in [2.05, 4.69) is 0 Å². The minimum atomic E-state index is -3.53. The van der Waals surface area contributed by atoms with E-state index in [-0.39, 0.29) is 0 Å². The first-order valence-electron chi connectivity index (χ1n) is 7.01. The molecule has 0 fully saturated rings. The van der Waals surface area contributed by atoms with Gasteiger partial charge >= 0.3 is 0 Å². The molecule has 4 nitrogen and oxygen atoms in total. The Balaban J connectivity index is 2.34. The van der Waals surface area contributed by atoms with Gasteiger partial charge in [-0.05, 0) is 42.7 Å². The molecule has 118 valence electrons. The number of sulfonamides is 1. The summed E-state index contributed by atoms with van der Waals surface area (Å²) >= 11 is 0. The standard InChI is InChI=1S/C17H21NO3S/c1-13-10-16(11-14(2)17(13)21-4)22(19,20)18(3)12-15-8-6-5-7-9-15/h5-11H,12H2,1-4H3. The van der Waals surface area contributed by atoms with Crippen LogP contribution >= 0.6 is 0 Å². The topological polar surface area (TPSA) is 46.6 Å². The van der Waals surface area contributed by atoms with Crippen molar-refractivity contribution in [2.45, 2.75) is 25.3 Å². The van der Waals surface area contributed by atoms with Crippen LogP contribution in [0, 0.1) is 13.8 Å². The summed E-state index contributed by atoms with van der Waals surface area (Å²) in [4.78, 5) is 0.293. The van der Waals surface area contributed by atoms with E-state index in [1.165, 1.54) is 4.31 Å². The van der Waals surface area contributed by atoms with Crippen LogP contribution in [0.1, 0.15) is 16.7 Å². The van der Waals surface area contributed by atoms with Gasteiger partial charge in [0.2, 0.25) is 10.0 Å². The molecular weight excluding hydrogens is 298 g/mol. The highest BCUT2D eigenvalue weighted by Crippen LogP contribution is 2.28. The highest BCUT2D eigenvalue weighted by atomic mass is 32.2. The zero-order chi connectivity index (χ0) is 16.3. The predicted molar refractivity (Wildman–Crippen MR) is 87.6 cm³/mol. The van der Waals surface area contributed by atoms with Crippen LogP contribution < -0.4 is 4.74 Å². The van der Waals surface area contributed by atoms with E-state index >= 15 is 0 Å². The summed E-state index contributed by atoms with van der Waals surface area (Å²) in [5.41, 5.74) is 2.58. The van der Waals surface area contributed by atoms with Gasteiger partial charge in [0.25, 0.3) is 0 Å². The van der Waals surface area contributed by atoms with Crippen LogP contribution in [0.3, 0.4) is 0 Å². The van der Waals surface area contributed by atoms with Gasteiger partial charge in [-0.2, -0.15) is 4.31 Å². The summed E-state index contributed by atoms with van der Waals surface area (Å²) in [5, 5.41) is 0. The molecule has 2 rings (SSSR count). The van der Waals surface area contributed by atoms with Gasteiger partial charge in [0.05, 0.1) is 12.0 Å². The lowest BCUT2D eigenvalue weighted by Crippen LogP contribution is -2.26. The maximum absolute atomic E-state index is 12.7. The van der Waals surface area contributed by atoms with Crippen molar-refractivity contribution >= 4 is 10.0 Å². The number of benzene rings is 2. The van der Waals surface area contributed by atoms with Crippen LogP contribution in [0.4, 0.5) is 0 Å². The van der Waals surface area contributed by atoms with Crippen LogP contribution in [0.2, 0.25) is 0 Å². The van der Waals surface area contributed by atoms with E-state index in [1.54, 1.807) is 26.3 Å². The Morgan fingerprint density at radius 1 is 1.05 bits per heavy atom. The lowest BCUT2D eigenvalue weighted by Gasteiger charge is -2.19. The third-order valence-electron chi connectivity index (χ3n) is 3.59. The van der Waals surface area contributed by atoms with Crippen molar-refractivity contribution in [1.82, 2.24) is 4.31 Å². The molecule has 0 amide bonds. The van der Waals surface area contributed by atoms with E-state index in [1.807, 2.05) is 44.2 Å². The van der Waals surface area contributed by atoms with Crippen LogP contribution in [-0.4, -0.2) is 26.9 Å². The van der Waals surface area contributed by atoms with E-state index in [4.69, 9.17) is 4.74 Å². The number of ether oxygens (including phenoxy) is 1. The SMILES string of the molecule is COc1c(C)cc(S(=O)(=O)N(C)Cc2ccccc2)cc1C. The monoisotopic (exact) mass is 319 g/mol. The molecule has 5 heteroatoms. The molecule has 0 unspecified atom stereocenters. The van der Waals surface area contributed by atoms with Gasteiger partial charge in [-0.15, -0.1) is 0 Å². The van der Waals surface area contributed by atoms with Crippen molar-refractivity contribution in [3.05, 3.63) is 59.2 Å². The fourth-order valence-electron chi connectivity index (χ4n) is 2.49. The molecule has 22 heavy (non-hydrogen) atoms. The van der Waals surface area contributed by atoms with E-state index in [0.717, 1.165) is 22.4 Å². The zero-order valence-electron chi connectivity index (χ0n) is 13.3. The fraction of sp³-hybridized carbons (Fsp3) is 0.294. The third-order valence-corrected chi connectivity index (χ3v) is 5.38. The molecule has 0 saturated carbocycles. The van der Waals surface area contributed by atoms with Crippen molar-refractivity contribution in [2.24, 2.45) is 0 Å². The first-order chi connectivity index (χ1) is 10.4. The molecule has 0 aliphatic heterocycles. The minimum absolute atomic E-state index is 0.293. The van der Waals surface area contributed by atoms with Gasteiger partial charge in [-0.1, -0.05) is 30.3 Å². The maximum Gasteiger partial charge on any atom is 0.243 e. The number of rotatable bonds is 5. The van der Waals surface area contributed by atoms with E-state index in [0.29, 0.717) is 11.4 Å². The number of methoxy groups -OCH3 is 1. The Labute approximate surface area is 132 Å². The van der Waals surface area contributed by atoms with Gasteiger partial charge in [0, 0.05) is 13.6 Å². The summed E-state index contributed by atoms with van der Waals surface area (Å²) < 4.78 is 32.1. The Morgan fingerprint density at radius 2 is 1.59 bits per heavy atom. The molecule has 0 spiro atoms. The Hall–Kier alpha value is -1.85. The molecule has 0 saturated heterocycles. The van der Waals surface area contributed by atoms with Crippen molar-refractivity contribution in [1.29, 1.82) is 0 Å². The third kappa shape index (κ3) is 3.31. The number of aryl methyl sites for hydroxylation is 2. The molecule has 2 aromatic rings. The first kappa shape index (κ1) is 16.5. The Morgan fingerprint density at radius 3 is 2.09 bits per heavy atom. The van der Waals surface area contributed by atoms with Crippen molar-refractivity contribution in [3.63, 3.8) is 0 Å². The molecule has 0 N–H and O–H groups in total. The highest BCUT2D eigenvalue weighted by Gasteiger charge is 2.22. The first-order valence-corrected chi connectivity index (χ1v) is 8.45. The highest BCUT2D eigenvalue weighted by molar-refractivity contribution is 7.89. The van der Waals surface area contributed by atoms with Crippen LogP contribution in [0.5, 0.6) is 5.75 Å². The summed E-state index contributed by atoms with van der Waals surface area (Å²) in [5.74, 6) is 0.727. The molecule has 0 aliphatic rings. The van der Waals surface area contributed by atoms with E-state index in [9.17, 15) is 8.42 Å². The molecule has 0 aromatic heterocycles. The normalized spacial score (nSPS) is 11.7. The van der Waals surface area contributed by atoms with Gasteiger partial charge in [0.1, 0.15) is 5.75 Å². The maximum atomic E-state index is 12.7. The summed E-state index contributed by atoms with van der Waals surface area (Å²) in [6, 6.07) is 12.8. The lowest BCUT2D eigenvalue weighted by molar-refractivity contribution is 0.408. The molecule has 0 aliphatic carbocycles. The van der Waals surface area contributed by atoms with Crippen molar-refractivity contribution in [2.75, 3.05) is 14.2 Å². The second-order valence-electron chi connectivity index (χ2n) is 5.34. The summed E-state index contributed by atoms with van der Waals surface area (Å²) in [7, 11) is -0.347. The number of nitrogens with zero attached hydrogens (tertiary/aromatic N) is 1. The van der Waals surface area contributed by atoms with Crippen molar-refractivity contribution in [3.8, 4) is 5.75 Å². The average Bonchev–Trinajstić information content (AvgIpc) is 2.47. The Kier molecular flexibility index (Phi) is 4.88. The average molecular weight is 319 g/mol. The quantitative estimate of drug-likeness (QED) is 0.850. The van der Waals surface area contributed by atoms with Crippen LogP contribution in [0.15, 0.2) is 47.4 Å². The summed E-state index contributed by atoms with van der Waals surface area (Å²) in [6.45, 7) is 4.04. The molecule has 0 atom stereocenters. The summed E-state index contributed by atoms with van der Waals surface area (Å²) in [6.07, 6.45) is 0. The smallest absolute Gasteiger partial charge is 0.243 e. The van der Waals surface area contributed by atoms with E-state index < -0.39 is 10.0 Å². The van der Waals surface area contributed by atoms with Crippen LogP contribution in [-0.2, 0) is 16.6 Å². The lowest BCUT2D eigenvalue weighted by atomic mass is 10.1. The second-order valence-corrected chi connectivity index (χ2v) is 7.38. The molecular formula is C17H21NO3S. The zero-order valence-corrected chi connectivity index (χ0v) is 14.1. The molecule has 0 heterocycles. The largest absolute Gasteiger partial charge is 0.496 e. The van der Waals surface area contributed by atoms with Gasteiger partial charge < -0.3 is 4.74 Å².